The molecule has 2 aliphatic rings. The van der Waals surface area contributed by atoms with Gasteiger partial charge in [-0.05, 0) is 128 Å². The van der Waals surface area contributed by atoms with Gasteiger partial charge in [-0.25, -0.2) is 0 Å². The van der Waals surface area contributed by atoms with Gasteiger partial charge in [-0.3, -0.25) is 0 Å². The summed E-state index contributed by atoms with van der Waals surface area (Å²) in [6, 6.07) is 55.8. The van der Waals surface area contributed by atoms with Crippen LogP contribution >= 0.6 is 0 Å². The molecule has 350 valence electrons. The highest BCUT2D eigenvalue weighted by molar-refractivity contribution is 6.16. The Morgan fingerprint density at radius 3 is 1.50 bits per heavy atom. The second kappa shape index (κ2) is 14.8. The summed E-state index contributed by atoms with van der Waals surface area (Å²) in [6.45, 7) is 8.90. The van der Waals surface area contributed by atoms with Crippen LogP contribution in [0.3, 0.4) is 0 Å². The van der Waals surface area contributed by atoms with Crippen LogP contribution in [0.15, 0.2) is 176 Å². The van der Waals surface area contributed by atoms with Gasteiger partial charge in [0.25, 0.3) is 0 Å². The van der Waals surface area contributed by atoms with Crippen molar-refractivity contribution in [3.63, 3.8) is 0 Å². The molecule has 11 aromatic rings. The molecule has 0 amide bonds. The Hall–Kier alpha value is -8.35. The van der Waals surface area contributed by atoms with Crippen molar-refractivity contribution >= 4 is 43.6 Å². The molecule has 2 heterocycles. The molecule has 0 N–H and O–H groups in total. The van der Waals surface area contributed by atoms with Gasteiger partial charge < -0.3 is 9.13 Å². The van der Waals surface area contributed by atoms with Crippen LogP contribution in [0.1, 0.15) is 66.6 Å². The van der Waals surface area contributed by atoms with Crippen LogP contribution in [0.4, 0.5) is 26.3 Å². The van der Waals surface area contributed by atoms with Crippen LogP contribution in [0.5, 0.6) is 0 Å². The van der Waals surface area contributed by atoms with Gasteiger partial charge in [0.15, 0.2) is 0 Å². The molecule has 0 aliphatic heterocycles. The fourth-order valence-electron chi connectivity index (χ4n) is 12.5. The topological polar surface area (TPSA) is 33.6 Å². The van der Waals surface area contributed by atoms with Gasteiger partial charge in [-0.15, -0.1) is 0 Å². The summed E-state index contributed by atoms with van der Waals surface area (Å²) in [5.74, 6) is 0. The van der Waals surface area contributed by atoms with Gasteiger partial charge in [0.1, 0.15) is 0 Å². The standard InChI is InChI=1S/C63H41F6N3/c1-60(2)48-17-9-5-13-39(48)42-26-29-54-56(58(42)60)44-15-7-11-19-51(44)71(54)37-23-25-38(41-24-22-36(62(64,65)66)32-50(41)63(67,68)69)46(33-37)47-31-35(34-70)21-28-53(47)72-52-20-12-8-16-45(52)57-55(72)30-27-43-40-14-6-10-18-49(40)61(3,4)59(43)57/h5-33H,1-4H3. The summed E-state index contributed by atoms with van der Waals surface area (Å²) < 4.78 is 93.2. The van der Waals surface area contributed by atoms with Crippen molar-refractivity contribution in [2.75, 3.05) is 0 Å². The van der Waals surface area contributed by atoms with Crippen molar-refractivity contribution in [1.82, 2.24) is 9.13 Å². The third kappa shape index (κ3) is 5.99. The van der Waals surface area contributed by atoms with E-state index < -0.39 is 34.5 Å². The highest BCUT2D eigenvalue weighted by Gasteiger charge is 2.42. The van der Waals surface area contributed by atoms with Crippen molar-refractivity contribution in [2.24, 2.45) is 0 Å². The first-order valence-electron chi connectivity index (χ1n) is 23.8. The average molecular weight is 954 g/mol. The number of nitrogens with zero attached hydrogens (tertiary/aromatic N) is 3. The number of hydrogen-bond donors (Lipinski definition) is 0. The summed E-state index contributed by atoms with van der Waals surface area (Å²) in [6.07, 6.45) is -10.2. The first kappa shape index (κ1) is 43.7. The SMILES string of the molecule is CC1(C)c2ccccc2-c2ccc3c(c21)c1ccccc1n3-c1ccc(-c2ccc(C(F)(F)F)cc2C(F)(F)F)c(-c2cc(C#N)ccc2-n2c3ccccc3c3c4c(ccc32)-c2ccccc2C4(C)C)c1. The lowest BCUT2D eigenvalue weighted by Gasteiger charge is -2.23. The first-order chi connectivity index (χ1) is 34.5. The number of halogens is 6. The molecule has 72 heavy (non-hydrogen) atoms. The molecule has 0 bridgehead atoms. The Bertz CT molecular complexity index is 4210. The molecule has 3 nitrogen and oxygen atoms in total. The van der Waals surface area contributed by atoms with E-state index in [2.05, 4.69) is 110 Å². The van der Waals surface area contributed by atoms with E-state index in [9.17, 15) is 18.4 Å². The third-order valence-electron chi connectivity index (χ3n) is 15.6. The Labute approximate surface area is 410 Å². The van der Waals surface area contributed by atoms with Crippen LogP contribution in [-0.2, 0) is 23.2 Å². The maximum atomic E-state index is 15.4. The lowest BCUT2D eigenvalue weighted by Crippen LogP contribution is -2.15. The monoisotopic (exact) mass is 953 g/mol. The molecule has 0 fully saturated rings. The van der Waals surface area contributed by atoms with Gasteiger partial charge in [0, 0.05) is 43.6 Å². The third-order valence-corrected chi connectivity index (χ3v) is 15.6. The number of rotatable bonds is 4. The number of para-hydroxylation sites is 2. The van der Waals surface area contributed by atoms with Gasteiger partial charge in [0.2, 0.25) is 0 Å². The molecule has 0 radical (unpaired) electrons. The minimum Gasteiger partial charge on any atom is -0.309 e. The van der Waals surface area contributed by atoms with Gasteiger partial charge >= 0.3 is 12.4 Å². The van der Waals surface area contributed by atoms with E-state index in [0.29, 0.717) is 28.6 Å². The number of hydrogen-bond acceptors (Lipinski definition) is 1. The van der Waals surface area contributed by atoms with Crippen molar-refractivity contribution in [3.8, 4) is 62.0 Å². The summed E-state index contributed by atoms with van der Waals surface area (Å²) in [4.78, 5) is 0. The predicted molar refractivity (Wildman–Crippen MR) is 276 cm³/mol. The van der Waals surface area contributed by atoms with Gasteiger partial charge in [-0.1, -0.05) is 137 Å². The predicted octanol–water partition coefficient (Wildman–Crippen LogP) is 17.7. The van der Waals surface area contributed by atoms with Crippen LogP contribution in [0, 0.1) is 11.3 Å². The first-order valence-corrected chi connectivity index (χ1v) is 23.8. The fraction of sp³-hybridized carbons (Fsp3) is 0.127. The highest BCUT2D eigenvalue weighted by atomic mass is 19.4. The normalized spacial score (nSPS) is 14.5. The minimum absolute atomic E-state index is 0.0487. The van der Waals surface area contributed by atoms with E-state index in [1.165, 1.54) is 16.7 Å². The molecule has 0 spiro atoms. The van der Waals surface area contributed by atoms with Crippen molar-refractivity contribution < 1.29 is 26.3 Å². The Morgan fingerprint density at radius 2 is 0.931 bits per heavy atom. The van der Waals surface area contributed by atoms with E-state index in [-0.39, 0.29) is 22.6 Å². The Kier molecular flexibility index (Phi) is 9.00. The maximum Gasteiger partial charge on any atom is 0.417 e. The van der Waals surface area contributed by atoms with Crippen LogP contribution in [-0.4, -0.2) is 9.13 Å². The van der Waals surface area contributed by atoms with E-state index in [4.69, 9.17) is 0 Å². The zero-order chi connectivity index (χ0) is 49.8. The number of aromatic nitrogens is 2. The molecule has 0 saturated heterocycles. The zero-order valence-corrected chi connectivity index (χ0v) is 39.4. The largest absolute Gasteiger partial charge is 0.417 e. The second-order valence-electron chi connectivity index (χ2n) is 20.1. The zero-order valence-electron chi connectivity index (χ0n) is 39.4. The number of alkyl halides is 6. The molecule has 9 aromatic carbocycles. The van der Waals surface area contributed by atoms with E-state index in [1.54, 1.807) is 24.3 Å². The molecule has 13 rings (SSSR count). The molecule has 0 atom stereocenters. The molecule has 0 saturated carbocycles. The molecule has 0 unspecified atom stereocenters. The maximum absolute atomic E-state index is 15.4. The van der Waals surface area contributed by atoms with Gasteiger partial charge in [0.05, 0.1) is 50.5 Å². The Morgan fingerprint density at radius 1 is 0.417 bits per heavy atom. The summed E-state index contributed by atoms with van der Waals surface area (Å²) in [5.41, 5.74) is 10.9. The van der Waals surface area contributed by atoms with Gasteiger partial charge in [-0.2, -0.15) is 31.6 Å². The average Bonchev–Trinajstić information content (AvgIpc) is 4.04. The summed E-state index contributed by atoms with van der Waals surface area (Å²) >= 11 is 0. The van der Waals surface area contributed by atoms with E-state index in [1.807, 2.05) is 66.7 Å². The second-order valence-corrected chi connectivity index (χ2v) is 20.1. The Balaban J connectivity index is 1.14. The fourth-order valence-corrected chi connectivity index (χ4v) is 12.5. The van der Waals surface area contributed by atoms with Crippen LogP contribution < -0.4 is 0 Å². The lowest BCUT2D eigenvalue weighted by molar-refractivity contribution is -0.142. The molecule has 2 aliphatic carbocycles. The molecular formula is C63H41F6N3. The summed E-state index contributed by atoms with van der Waals surface area (Å²) in [7, 11) is 0. The molecular weight excluding hydrogens is 913 g/mol. The van der Waals surface area contributed by atoms with E-state index in [0.717, 1.165) is 77.5 Å². The van der Waals surface area contributed by atoms with Crippen molar-refractivity contribution in [1.29, 1.82) is 5.26 Å². The summed E-state index contributed by atoms with van der Waals surface area (Å²) in [5, 5.41) is 14.6. The van der Waals surface area contributed by atoms with E-state index >= 15 is 13.2 Å². The minimum atomic E-state index is -5.17. The number of fused-ring (bicyclic) bond motifs is 14. The van der Waals surface area contributed by atoms with Crippen LogP contribution in [0.25, 0.3) is 99.5 Å². The molecule has 9 heteroatoms. The highest BCUT2D eigenvalue weighted by Crippen LogP contribution is 2.56. The smallest absolute Gasteiger partial charge is 0.309 e. The molecule has 2 aromatic heterocycles. The van der Waals surface area contributed by atoms with Crippen LogP contribution in [0.2, 0.25) is 0 Å². The number of benzene rings is 9. The van der Waals surface area contributed by atoms with Crippen molar-refractivity contribution in [2.45, 2.75) is 50.9 Å². The quantitative estimate of drug-likeness (QED) is 0.162. The number of nitriles is 1. The lowest BCUT2D eigenvalue weighted by atomic mass is 9.80. The van der Waals surface area contributed by atoms with Crippen molar-refractivity contribution in [3.05, 3.63) is 215 Å².